The quantitative estimate of drug-likeness (QED) is 0.875. The summed E-state index contributed by atoms with van der Waals surface area (Å²) in [5.41, 5.74) is 7.87. The van der Waals surface area contributed by atoms with Crippen molar-refractivity contribution in [2.45, 2.75) is 12.7 Å². The van der Waals surface area contributed by atoms with Gasteiger partial charge in [0, 0.05) is 4.47 Å². The molecule has 0 aliphatic rings. The Bertz CT molecular complexity index is 605. The van der Waals surface area contributed by atoms with Gasteiger partial charge >= 0.3 is 6.61 Å². The van der Waals surface area contributed by atoms with Crippen LogP contribution in [0.4, 0.5) is 8.78 Å². The maximum Gasteiger partial charge on any atom is 0.387 e. The summed E-state index contributed by atoms with van der Waals surface area (Å²) in [6.07, 6.45) is 0. The number of halogens is 3. The van der Waals surface area contributed by atoms with Gasteiger partial charge in [0.2, 0.25) is 0 Å². The Morgan fingerprint density at radius 2 is 1.67 bits per heavy atom. The highest BCUT2D eigenvalue weighted by atomic mass is 79.9. The highest BCUT2D eigenvalue weighted by Gasteiger charge is 2.13. The molecule has 0 fully saturated rings. The van der Waals surface area contributed by atoms with Crippen LogP contribution in [0.1, 0.15) is 17.2 Å². The predicted molar refractivity (Wildman–Crippen MR) is 79.8 cm³/mol. The second kappa shape index (κ2) is 6.87. The maximum absolute atomic E-state index is 12.1. The summed E-state index contributed by atoms with van der Waals surface area (Å²) in [6, 6.07) is 11.4. The molecule has 6 heteroatoms. The minimum absolute atomic E-state index is 0.106. The molecular weight excluding hydrogens is 344 g/mol. The molecule has 0 amide bonds. The van der Waals surface area contributed by atoms with Gasteiger partial charge in [-0.1, -0.05) is 34.1 Å². The van der Waals surface area contributed by atoms with Gasteiger partial charge in [-0.2, -0.15) is 8.78 Å². The zero-order valence-electron chi connectivity index (χ0n) is 11.2. The Kier molecular flexibility index (Phi) is 5.14. The molecule has 2 N–H and O–H groups in total. The van der Waals surface area contributed by atoms with Crippen molar-refractivity contribution < 1.29 is 18.3 Å². The molecule has 0 aliphatic heterocycles. The van der Waals surface area contributed by atoms with E-state index in [4.69, 9.17) is 10.5 Å². The minimum atomic E-state index is -2.83. The van der Waals surface area contributed by atoms with E-state index >= 15 is 0 Å². The predicted octanol–water partition coefficient (Wildman–Crippen LogP) is 4.11. The summed E-state index contributed by atoms with van der Waals surface area (Å²) in [5.74, 6) is 0.827. The van der Waals surface area contributed by atoms with Gasteiger partial charge < -0.3 is 15.2 Å². The SMILES string of the molecule is COc1ccc(C(N)c2ccc(OC(F)F)cc2)c(Br)c1. The number of nitrogens with two attached hydrogens (primary N) is 1. The van der Waals surface area contributed by atoms with Crippen molar-refractivity contribution in [3.63, 3.8) is 0 Å². The molecule has 0 aliphatic carbocycles. The molecular formula is C15H14BrF2NO2. The summed E-state index contributed by atoms with van der Waals surface area (Å²) in [5, 5.41) is 0. The monoisotopic (exact) mass is 357 g/mol. The smallest absolute Gasteiger partial charge is 0.387 e. The number of alkyl halides is 2. The van der Waals surface area contributed by atoms with E-state index in [1.165, 1.54) is 12.1 Å². The maximum atomic E-state index is 12.1. The van der Waals surface area contributed by atoms with Gasteiger partial charge in [0.1, 0.15) is 11.5 Å². The Hall–Kier alpha value is -1.66. The third-order valence-electron chi connectivity index (χ3n) is 3.01. The van der Waals surface area contributed by atoms with Gasteiger partial charge in [-0.05, 0) is 35.4 Å². The fourth-order valence-corrected chi connectivity index (χ4v) is 2.53. The minimum Gasteiger partial charge on any atom is -0.497 e. The molecule has 1 atom stereocenters. The van der Waals surface area contributed by atoms with Crippen molar-refractivity contribution >= 4 is 15.9 Å². The van der Waals surface area contributed by atoms with Crippen molar-refractivity contribution in [3.8, 4) is 11.5 Å². The van der Waals surface area contributed by atoms with Crippen molar-refractivity contribution in [2.24, 2.45) is 5.73 Å². The first-order chi connectivity index (χ1) is 10.0. The highest BCUT2D eigenvalue weighted by Crippen LogP contribution is 2.30. The lowest BCUT2D eigenvalue weighted by molar-refractivity contribution is -0.0498. The van der Waals surface area contributed by atoms with Crippen molar-refractivity contribution in [1.82, 2.24) is 0 Å². The van der Waals surface area contributed by atoms with Gasteiger partial charge in [0.25, 0.3) is 0 Å². The van der Waals surface area contributed by atoms with Crippen LogP contribution in [0.3, 0.4) is 0 Å². The second-order valence-corrected chi connectivity index (χ2v) is 5.17. The first-order valence-corrected chi connectivity index (χ1v) is 6.94. The van der Waals surface area contributed by atoms with Crippen molar-refractivity contribution in [3.05, 3.63) is 58.1 Å². The number of methoxy groups -OCH3 is 1. The van der Waals surface area contributed by atoms with Crippen LogP contribution in [-0.4, -0.2) is 13.7 Å². The molecule has 2 aromatic carbocycles. The Morgan fingerprint density at radius 3 is 2.19 bits per heavy atom. The van der Waals surface area contributed by atoms with E-state index in [-0.39, 0.29) is 11.8 Å². The first kappa shape index (κ1) is 15.7. The van der Waals surface area contributed by atoms with Crippen LogP contribution < -0.4 is 15.2 Å². The van der Waals surface area contributed by atoms with Crippen LogP contribution in [0.25, 0.3) is 0 Å². The molecule has 2 aromatic rings. The van der Waals surface area contributed by atoms with Crippen LogP contribution >= 0.6 is 15.9 Å². The average Bonchev–Trinajstić information content (AvgIpc) is 2.46. The highest BCUT2D eigenvalue weighted by molar-refractivity contribution is 9.10. The summed E-state index contributed by atoms with van der Waals surface area (Å²) in [4.78, 5) is 0. The molecule has 0 radical (unpaired) electrons. The van der Waals surface area contributed by atoms with E-state index in [0.717, 1.165) is 21.3 Å². The number of rotatable bonds is 5. The normalized spacial score (nSPS) is 12.3. The topological polar surface area (TPSA) is 44.5 Å². The van der Waals surface area contributed by atoms with Gasteiger partial charge in [-0.15, -0.1) is 0 Å². The van der Waals surface area contributed by atoms with E-state index in [2.05, 4.69) is 20.7 Å². The molecule has 3 nitrogen and oxygen atoms in total. The van der Waals surface area contributed by atoms with Gasteiger partial charge in [-0.3, -0.25) is 0 Å². The van der Waals surface area contributed by atoms with Crippen LogP contribution in [0.5, 0.6) is 11.5 Å². The third kappa shape index (κ3) is 3.92. The van der Waals surface area contributed by atoms with Gasteiger partial charge in [-0.25, -0.2) is 0 Å². The molecule has 0 heterocycles. The second-order valence-electron chi connectivity index (χ2n) is 4.31. The summed E-state index contributed by atoms with van der Waals surface area (Å²) in [6.45, 7) is -2.83. The lowest BCUT2D eigenvalue weighted by atomic mass is 9.99. The molecule has 112 valence electrons. The third-order valence-corrected chi connectivity index (χ3v) is 3.69. The van der Waals surface area contributed by atoms with E-state index in [1.807, 2.05) is 18.2 Å². The Balaban J connectivity index is 2.21. The summed E-state index contributed by atoms with van der Waals surface area (Å²) in [7, 11) is 1.59. The first-order valence-electron chi connectivity index (χ1n) is 6.15. The largest absolute Gasteiger partial charge is 0.497 e. The average molecular weight is 358 g/mol. The van der Waals surface area contributed by atoms with Gasteiger partial charge in [0.15, 0.2) is 0 Å². The molecule has 0 saturated heterocycles. The zero-order valence-corrected chi connectivity index (χ0v) is 12.8. The lowest BCUT2D eigenvalue weighted by Gasteiger charge is -2.16. The van der Waals surface area contributed by atoms with E-state index in [1.54, 1.807) is 19.2 Å². The van der Waals surface area contributed by atoms with Crippen LogP contribution in [0.2, 0.25) is 0 Å². The van der Waals surface area contributed by atoms with E-state index in [0.29, 0.717) is 0 Å². The summed E-state index contributed by atoms with van der Waals surface area (Å²) < 4.78 is 34.5. The molecule has 0 saturated carbocycles. The number of hydrogen-bond acceptors (Lipinski definition) is 3. The standard InChI is InChI=1S/C15H14BrF2NO2/c1-20-11-6-7-12(13(16)8-11)14(19)9-2-4-10(5-3-9)21-15(17)18/h2-8,14-15H,19H2,1H3. The molecule has 2 rings (SSSR count). The van der Waals surface area contributed by atoms with Gasteiger partial charge in [0.05, 0.1) is 13.2 Å². The lowest BCUT2D eigenvalue weighted by Crippen LogP contribution is -2.12. The number of ether oxygens (including phenoxy) is 2. The molecule has 0 bridgehead atoms. The van der Waals surface area contributed by atoms with Crippen molar-refractivity contribution in [1.29, 1.82) is 0 Å². The van der Waals surface area contributed by atoms with Crippen LogP contribution in [-0.2, 0) is 0 Å². The Labute approximate surface area is 129 Å². The molecule has 1 unspecified atom stereocenters. The molecule has 21 heavy (non-hydrogen) atoms. The Morgan fingerprint density at radius 1 is 1.05 bits per heavy atom. The fourth-order valence-electron chi connectivity index (χ4n) is 1.92. The fraction of sp³-hybridized carbons (Fsp3) is 0.200. The van der Waals surface area contributed by atoms with E-state index in [9.17, 15) is 8.78 Å². The molecule has 0 aromatic heterocycles. The summed E-state index contributed by atoms with van der Waals surface area (Å²) >= 11 is 3.45. The number of benzene rings is 2. The number of hydrogen-bond donors (Lipinski definition) is 1. The van der Waals surface area contributed by atoms with E-state index < -0.39 is 6.61 Å². The van der Waals surface area contributed by atoms with Crippen LogP contribution in [0.15, 0.2) is 46.9 Å². The van der Waals surface area contributed by atoms with Crippen LogP contribution in [0, 0.1) is 0 Å². The van der Waals surface area contributed by atoms with Crippen molar-refractivity contribution in [2.75, 3.05) is 7.11 Å². The zero-order chi connectivity index (χ0) is 15.4. The molecule has 0 spiro atoms.